The topological polar surface area (TPSA) is 41.1 Å². The fraction of sp³-hybridized carbons (Fsp3) is 0.750. The van der Waals surface area contributed by atoms with E-state index in [0.29, 0.717) is 11.1 Å². The Balaban J connectivity index is 1.91. The van der Waals surface area contributed by atoms with Gasteiger partial charge in [0.1, 0.15) is 16.8 Å². The normalized spacial score (nSPS) is 18.0. The Morgan fingerprint density at radius 1 is 1.29 bits per heavy atom. The molecule has 1 aromatic heterocycles. The minimum atomic E-state index is -0.0947. The lowest BCUT2D eigenvalue weighted by Gasteiger charge is -2.21. The molecular weight excluding hydrogens is 284 g/mol. The minimum Gasteiger partial charge on any atom is -0.370 e. The number of likely N-dealkylation sites (tertiary alicyclic amines) is 1. The number of halogens is 1. The quantitative estimate of drug-likeness (QED) is 0.844. The van der Waals surface area contributed by atoms with Crippen molar-refractivity contribution >= 4 is 17.4 Å². The Hall–Kier alpha value is -0.870. The summed E-state index contributed by atoms with van der Waals surface area (Å²) in [4.78, 5) is 11.5. The van der Waals surface area contributed by atoms with E-state index >= 15 is 0 Å². The molecule has 1 saturated heterocycles. The highest BCUT2D eigenvalue weighted by Gasteiger charge is 2.19. The van der Waals surface area contributed by atoms with Gasteiger partial charge in [-0.2, -0.15) is 0 Å². The molecule has 0 bridgehead atoms. The van der Waals surface area contributed by atoms with E-state index in [1.165, 1.54) is 25.9 Å². The lowest BCUT2D eigenvalue weighted by atomic mass is 9.96. The number of aromatic nitrogens is 2. The van der Waals surface area contributed by atoms with Gasteiger partial charge in [0.25, 0.3) is 0 Å². The van der Waals surface area contributed by atoms with Crippen LogP contribution in [0.1, 0.15) is 46.4 Å². The first kappa shape index (κ1) is 16.5. The summed E-state index contributed by atoms with van der Waals surface area (Å²) >= 11 is 6.11. The number of hydrogen-bond acceptors (Lipinski definition) is 4. The summed E-state index contributed by atoms with van der Waals surface area (Å²) in [7, 11) is 0. The molecule has 0 radical (unpaired) electrons. The molecule has 2 heterocycles. The molecule has 0 aromatic carbocycles. The molecule has 21 heavy (non-hydrogen) atoms. The second-order valence-corrected chi connectivity index (χ2v) is 7.53. The fourth-order valence-electron chi connectivity index (χ4n) is 2.59. The van der Waals surface area contributed by atoms with Gasteiger partial charge in [-0.1, -0.05) is 39.3 Å². The second-order valence-electron chi connectivity index (χ2n) is 7.14. The molecule has 5 heteroatoms. The number of nitrogens with one attached hydrogen (secondary N) is 1. The zero-order valence-electron chi connectivity index (χ0n) is 13.6. The number of hydrogen-bond donors (Lipinski definition) is 1. The molecule has 0 amide bonds. The van der Waals surface area contributed by atoms with Crippen LogP contribution in [0, 0.1) is 5.92 Å². The first-order valence-electron chi connectivity index (χ1n) is 7.86. The molecule has 1 fully saturated rings. The molecule has 4 nitrogen and oxygen atoms in total. The standard InChI is InChI=1S/C16H27ClN4/c1-12(11-21-7-5-6-8-21)10-18-14-9-13(17)19-15(20-14)16(2,3)4/h9,12H,5-8,10-11H2,1-4H3,(H,18,19,20). The monoisotopic (exact) mass is 310 g/mol. The summed E-state index contributed by atoms with van der Waals surface area (Å²) < 4.78 is 0. The Bertz CT molecular complexity index is 464. The van der Waals surface area contributed by atoms with Crippen LogP contribution in [0.25, 0.3) is 0 Å². The highest BCUT2D eigenvalue weighted by Crippen LogP contribution is 2.22. The van der Waals surface area contributed by atoms with Crippen molar-refractivity contribution < 1.29 is 0 Å². The average molecular weight is 311 g/mol. The van der Waals surface area contributed by atoms with Gasteiger partial charge in [-0.15, -0.1) is 0 Å². The van der Waals surface area contributed by atoms with E-state index in [1.54, 1.807) is 6.07 Å². The van der Waals surface area contributed by atoms with Crippen LogP contribution in [-0.2, 0) is 5.41 Å². The van der Waals surface area contributed by atoms with Crippen molar-refractivity contribution in [1.29, 1.82) is 0 Å². The van der Waals surface area contributed by atoms with Gasteiger partial charge < -0.3 is 10.2 Å². The number of nitrogens with zero attached hydrogens (tertiary/aromatic N) is 3. The summed E-state index contributed by atoms with van der Waals surface area (Å²) in [6, 6.07) is 1.80. The molecular formula is C16H27ClN4. The van der Waals surface area contributed by atoms with Crippen molar-refractivity contribution in [2.75, 3.05) is 31.5 Å². The Morgan fingerprint density at radius 3 is 2.57 bits per heavy atom. The maximum Gasteiger partial charge on any atom is 0.137 e. The SMILES string of the molecule is CC(CNc1cc(Cl)nc(C(C)(C)C)n1)CN1CCCC1. The van der Waals surface area contributed by atoms with E-state index in [9.17, 15) is 0 Å². The number of anilines is 1. The van der Waals surface area contributed by atoms with E-state index in [1.807, 2.05) is 0 Å². The van der Waals surface area contributed by atoms with E-state index in [0.717, 1.165) is 24.7 Å². The van der Waals surface area contributed by atoms with Crippen LogP contribution < -0.4 is 5.32 Å². The highest BCUT2D eigenvalue weighted by atomic mass is 35.5. The average Bonchev–Trinajstić information content (AvgIpc) is 2.87. The third-order valence-corrected chi connectivity index (χ3v) is 3.96. The minimum absolute atomic E-state index is 0.0947. The maximum atomic E-state index is 6.11. The van der Waals surface area contributed by atoms with E-state index < -0.39 is 0 Å². The largest absolute Gasteiger partial charge is 0.370 e. The molecule has 1 aliphatic rings. The molecule has 0 aliphatic carbocycles. The first-order chi connectivity index (χ1) is 9.84. The van der Waals surface area contributed by atoms with Gasteiger partial charge in [0.2, 0.25) is 0 Å². The third-order valence-electron chi connectivity index (χ3n) is 3.77. The molecule has 0 spiro atoms. The lowest BCUT2D eigenvalue weighted by Crippen LogP contribution is -2.29. The fourth-order valence-corrected chi connectivity index (χ4v) is 2.78. The van der Waals surface area contributed by atoms with Crippen LogP contribution >= 0.6 is 11.6 Å². The molecule has 1 atom stereocenters. The van der Waals surface area contributed by atoms with Crippen LogP contribution in [-0.4, -0.2) is 41.0 Å². The molecule has 0 saturated carbocycles. The second kappa shape index (κ2) is 6.93. The highest BCUT2D eigenvalue weighted by molar-refractivity contribution is 6.29. The van der Waals surface area contributed by atoms with Crippen molar-refractivity contribution in [1.82, 2.24) is 14.9 Å². The van der Waals surface area contributed by atoms with Gasteiger partial charge in [-0.3, -0.25) is 0 Å². The van der Waals surface area contributed by atoms with Crippen LogP contribution in [0.5, 0.6) is 0 Å². The molecule has 1 N–H and O–H groups in total. The summed E-state index contributed by atoms with van der Waals surface area (Å²) in [5.41, 5.74) is -0.0947. The third kappa shape index (κ3) is 5.11. The van der Waals surface area contributed by atoms with Crippen LogP contribution in [0.4, 0.5) is 5.82 Å². The van der Waals surface area contributed by atoms with Gasteiger partial charge in [0, 0.05) is 24.6 Å². The molecule has 1 unspecified atom stereocenters. The van der Waals surface area contributed by atoms with Gasteiger partial charge in [0.05, 0.1) is 0 Å². The molecule has 118 valence electrons. The van der Waals surface area contributed by atoms with Crippen LogP contribution in [0.3, 0.4) is 0 Å². The molecule has 2 rings (SSSR count). The first-order valence-corrected chi connectivity index (χ1v) is 8.23. The number of rotatable bonds is 5. The summed E-state index contributed by atoms with van der Waals surface area (Å²) in [6.07, 6.45) is 2.69. The van der Waals surface area contributed by atoms with Gasteiger partial charge in [0.15, 0.2) is 0 Å². The Morgan fingerprint density at radius 2 is 1.95 bits per heavy atom. The van der Waals surface area contributed by atoms with Crippen molar-refractivity contribution in [3.8, 4) is 0 Å². The van der Waals surface area contributed by atoms with E-state index in [-0.39, 0.29) is 5.41 Å². The molecule has 1 aliphatic heterocycles. The van der Waals surface area contributed by atoms with Crippen molar-refractivity contribution in [3.05, 3.63) is 17.0 Å². The van der Waals surface area contributed by atoms with Crippen LogP contribution in [0.2, 0.25) is 5.15 Å². The van der Waals surface area contributed by atoms with Gasteiger partial charge >= 0.3 is 0 Å². The predicted molar refractivity (Wildman–Crippen MR) is 89.1 cm³/mol. The van der Waals surface area contributed by atoms with E-state index in [2.05, 4.69) is 47.9 Å². The lowest BCUT2D eigenvalue weighted by molar-refractivity contribution is 0.294. The summed E-state index contributed by atoms with van der Waals surface area (Å²) in [6.45, 7) is 13.1. The maximum absolute atomic E-state index is 6.11. The molecule has 1 aromatic rings. The summed E-state index contributed by atoms with van der Waals surface area (Å²) in [5.74, 6) is 2.20. The Labute approximate surface area is 133 Å². The van der Waals surface area contributed by atoms with E-state index in [4.69, 9.17) is 11.6 Å². The predicted octanol–water partition coefficient (Wildman–Crippen LogP) is 3.57. The van der Waals surface area contributed by atoms with Crippen molar-refractivity contribution in [3.63, 3.8) is 0 Å². The zero-order chi connectivity index (χ0) is 15.5. The van der Waals surface area contributed by atoms with Crippen LogP contribution in [0.15, 0.2) is 6.07 Å². The van der Waals surface area contributed by atoms with Gasteiger partial charge in [-0.05, 0) is 31.8 Å². The smallest absolute Gasteiger partial charge is 0.137 e. The zero-order valence-corrected chi connectivity index (χ0v) is 14.4. The van der Waals surface area contributed by atoms with Crippen molar-refractivity contribution in [2.45, 2.75) is 46.0 Å². The van der Waals surface area contributed by atoms with Gasteiger partial charge in [-0.25, -0.2) is 9.97 Å². The van der Waals surface area contributed by atoms with Crippen molar-refractivity contribution in [2.24, 2.45) is 5.92 Å². The Kier molecular flexibility index (Phi) is 5.44. The summed E-state index contributed by atoms with van der Waals surface area (Å²) in [5, 5.41) is 3.91.